The molecule has 24 heavy (non-hydrogen) atoms. The molecule has 0 fully saturated rings. The molecule has 0 saturated heterocycles. The second-order valence-electron chi connectivity index (χ2n) is 5.14. The largest absolute Gasteiger partial charge is 0.478 e. The van der Waals surface area contributed by atoms with Crippen LogP contribution in [-0.2, 0) is 14.9 Å². The summed E-state index contributed by atoms with van der Waals surface area (Å²) in [4.78, 5) is 22.0. The van der Waals surface area contributed by atoms with Crippen molar-refractivity contribution in [1.29, 1.82) is 0 Å². The number of ether oxygens (including phenoxy) is 1. The summed E-state index contributed by atoms with van der Waals surface area (Å²) in [6.45, 7) is 4.27. The molecular formula is C14H20N2O7S. The van der Waals surface area contributed by atoms with Gasteiger partial charge in [-0.3, -0.25) is 4.72 Å². The van der Waals surface area contributed by atoms with Gasteiger partial charge in [0.25, 0.3) is 10.2 Å². The van der Waals surface area contributed by atoms with Crippen molar-refractivity contribution in [3.05, 3.63) is 29.3 Å². The van der Waals surface area contributed by atoms with Crippen LogP contribution in [0.4, 0.5) is 5.69 Å². The number of hydrogen-bond donors (Lipinski definition) is 4. The van der Waals surface area contributed by atoms with Crippen LogP contribution < -0.4 is 9.44 Å². The van der Waals surface area contributed by atoms with E-state index < -0.39 is 33.3 Å². The molecule has 1 aromatic rings. The third-order valence-electron chi connectivity index (χ3n) is 2.80. The lowest BCUT2D eigenvalue weighted by atomic mass is 10.1. The van der Waals surface area contributed by atoms with Crippen LogP contribution in [0.5, 0.6) is 0 Å². The van der Waals surface area contributed by atoms with Gasteiger partial charge in [-0.2, -0.15) is 13.1 Å². The van der Waals surface area contributed by atoms with Gasteiger partial charge in [0.05, 0.1) is 22.9 Å². The van der Waals surface area contributed by atoms with E-state index >= 15 is 0 Å². The molecule has 4 N–H and O–H groups in total. The number of hydrogen-bond acceptors (Lipinski definition) is 5. The molecule has 0 radical (unpaired) electrons. The molecule has 10 heteroatoms. The van der Waals surface area contributed by atoms with E-state index in [1.165, 1.54) is 6.07 Å². The molecule has 9 nitrogen and oxygen atoms in total. The van der Waals surface area contributed by atoms with E-state index in [1.807, 2.05) is 13.8 Å². The minimum absolute atomic E-state index is 0.0525. The monoisotopic (exact) mass is 360 g/mol. The van der Waals surface area contributed by atoms with Crippen LogP contribution in [0.1, 0.15) is 41.0 Å². The van der Waals surface area contributed by atoms with Crippen LogP contribution in [0.25, 0.3) is 0 Å². The first-order valence-corrected chi connectivity index (χ1v) is 8.60. The fourth-order valence-corrected chi connectivity index (χ4v) is 2.68. The molecule has 0 aliphatic heterocycles. The summed E-state index contributed by atoms with van der Waals surface area (Å²) in [6, 6.07) is 3.16. The molecule has 0 aliphatic carbocycles. The van der Waals surface area contributed by atoms with Crippen LogP contribution in [-0.4, -0.2) is 49.8 Å². The fourth-order valence-electron chi connectivity index (χ4n) is 1.76. The van der Waals surface area contributed by atoms with Gasteiger partial charge in [-0.25, -0.2) is 9.59 Å². The minimum atomic E-state index is -3.91. The Morgan fingerprint density at radius 1 is 1.17 bits per heavy atom. The number of aromatic carboxylic acids is 2. The first-order valence-electron chi connectivity index (χ1n) is 7.12. The van der Waals surface area contributed by atoms with Crippen molar-refractivity contribution in [2.24, 2.45) is 0 Å². The summed E-state index contributed by atoms with van der Waals surface area (Å²) in [5.41, 5.74) is -0.986. The topological polar surface area (TPSA) is 142 Å². The van der Waals surface area contributed by atoms with Crippen molar-refractivity contribution in [2.45, 2.75) is 26.4 Å². The normalized spacial score (nSPS) is 11.5. The zero-order chi connectivity index (χ0) is 18.3. The molecule has 1 aromatic carbocycles. The summed E-state index contributed by atoms with van der Waals surface area (Å²) in [5, 5.41) is 17.9. The maximum atomic E-state index is 11.9. The van der Waals surface area contributed by atoms with Crippen LogP contribution in [0.2, 0.25) is 0 Å². The van der Waals surface area contributed by atoms with Crippen molar-refractivity contribution >= 4 is 27.8 Å². The lowest BCUT2D eigenvalue weighted by Gasteiger charge is -2.11. The number of carboxylic acids is 2. The molecule has 134 valence electrons. The van der Waals surface area contributed by atoms with Crippen molar-refractivity contribution in [2.75, 3.05) is 17.9 Å². The predicted octanol–water partition coefficient (Wildman–Crippen LogP) is 1.14. The van der Waals surface area contributed by atoms with Gasteiger partial charge in [0.2, 0.25) is 0 Å². The Morgan fingerprint density at radius 3 is 2.33 bits per heavy atom. The highest BCUT2D eigenvalue weighted by Crippen LogP contribution is 2.17. The van der Waals surface area contributed by atoms with Crippen LogP contribution in [0.3, 0.4) is 0 Å². The molecular weight excluding hydrogens is 340 g/mol. The van der Waals surface area contributed by atoms with Gasteiger partial charge in [0, 0.05) is 13.2 Å². The summed E-state index contributed by atoms with van der Waals surface area (Å²) in [6.07, 6.45) is 0.527. The zero-order valence-corrected chi connectivity index (χ0v) is 14.1. The van der Waals surface area contributed by atoms with E-state index in [4.69, 9.17) is 14.9 Å². The van der Waals surface area contributed by atoms with Crippen LogP contribution in [0, 0.1) is 0 Å². The number of carboxylic acid groups (broad SMARTS) is 2. The maximum Gasteiger partial charge on any atom is 0.336 e. The van der Waals surface area contributed by atoms with E-state index in [0.29, 0.717) is 13.0 Å². The summed E-state index contributed by atoms with van der Waals surface area (Å²) < 4.78 is 33.4. The number of anilines is 1. The molecule has 1 rings (SSSR count). The average molecular weight is 360 g/mol. The Bertz CT molecular complexity index is 701. The fraction of sp³-hybridized carbons (Fsp3) is 0.429. The van der Waals surface area contributed by atoms with E-state index in [0.717, 1.165) is 12.1 Å². The number of nitrogens with one attached hydrogen (secondary N) is 2. The number of carbonyl (C=O) groups is 2. The standard InChI is InChI=1S/C14H20N2O7S/c1-9(2)23-7-3-6-15-24(21,22)16-10-4-5-11(13(17)18)12(8-10)14(19)20/h4-5,8-9,15-16H,3,6-7H2,1-2H3,(H,17,18)(H,19,20). The van der Waals surface area contributed by atoms with Crippen molar-refractivity contribution in [3.8, 4) is 0 Å². The smallest absolute Gasteiger partial charge is 0.336 e. The third-order valence-corrected chi connectivity index (χ3v) is 3.89. The Kier molecular flexibility index (Phi) is 7.14. The second kappa shape index (κ2) is 8.62. The van der Waals surface area contributed by atoms with Gasteiger partial charge in [-0.15, -0.1) is 0 Å². The summed E-state index contributed by atoms with van der Waals surface area (Å²) in [7, 11) is -3.91. The van der Waals surface area contributed by atoms with Crippen molar-refractivity contribution in [3.63, 3.8) is 0 Å². The lowest BCUT2D eigenvalue weighted by Crippen LogP contribution is -2.31. The van der Waals surface area contributed by atoms with E-state index in [-0.39, 0.29) is 18.3 Å². The molecule has 0 heterocycles. The molecule has 0 amide bonds. The molecule has 0 spiro atoms. The summed E-state index contributed by atoms with van der Waals surface area (Å²) >= 11 is 0. The second-order valence-corrected chi connectivity index (χ2v) is 6.64. The minimum Gasteiger partial charge on any atom is -0.478 e. The predicted molar refractivity (Wildman–Crippen MR) is 86.6 cm³/mol. The lowest BCUT2D eigenvalue weighted by molar-refractivity contribution is 0.0651. The number of rotatable bonds is 10. The van der Waals surface area contributed by atoms with Gasteiger partial charge >= 0.3 is 11.9 Å². The Hall–Kier alpha value is -2.17. The first kappa shape index (κ1) is 19.9. The van der Waals surface area contributed by atoms with Gasteiger partial charge in [0.1, 0.15) is 0 Å². The van der Waals surface area contributed by atoms with Gasteiger partial charge < -0.3 is 14.9 Å². The highest BCUT2D eigenvalue weighted by molar-refractivity contribution is 7.90. The van der Waals surface area contributed by atoms with Crippen LogP contribution in [0.15, 0.2) is 18.2 Å². The van der Waals surface area contributed by atoms with E-state index in [1.54, 1.807) is 0 Å². The van der Waals surface area contributed by atoms with E-state index in [2.05, 4.69) is 9.44 Å². The Labute approximate surface area is 139 Å². The Morgan fingerprint density at radius 2 is 1.79 bits per heavy atom. The quantitative estimate of drug-likeness (QED) is 0.458. The molecule has 0 saturated carbocycles. The summed E-state index contributed by atoms with van der Waals surface area (Å²) in [5.74, 6) is -2.88. The molecule has 0 bridgehead atoms. The maximum absolute atomic E-state index is 11.9. The number of benzene rings is 1. The van der Waals surface area contributed by atoms with Gasteiger partial charge in [0.15, 0.2) is 0 Å². The Balaban J connectivity index is 2.72. The van der Waals surface area contributed by atoms with Crippen LogP contribution >= 0.6 is 0 Å². The molecule has 0 aliphatic rings. The molecule has 0 atom stereocenters. The van der Waals surface area contributed by atoms with E-state index in [9.17, 15) is 18.0 Å². The van der Waals surface area contributed by atoms with Gasteiger partial charge in [-0.1, -0.05) is 0 Å². The highest BCUT2D eigenvalue weighted by Gasteiger charge is 2.18. The third kappa shape index (κ3) is 6.52. The average Bonchev–Trinajstić information content (AvgIpc) is 2.45. The van der Waals surface area contributed by atoms with Crippen molar-refractivity contribution in [1.82, 2.24) is 4.72 Å². The molecule has 0 aromatic heterocycles. The SMILES string of the molecule is CC(C)OCCCNS(=O)(=O)Nc1ccc(C(=O)O)c(C(=O)O)c1. The van der Waals surface area contributed by atoms with Crippen molar-refractivity contribution < 1.29 is 33.0 Å². The highest BCUT2D eigenvalue weighted by atomic mass is 32.2. The molecule has 0 unspecified atom stereocenters. The van der Waals surface area contributed by atoms with Gasteiger partial charge in [-0.05, 0) is 38.5 Å². The first-order chi connectivity index (χ1) is 11.1. The zero-order valence-electron chi connectivity index (χ0n) is 13.3.